The van der Waals surface area contributed by atoms with Gasteiger partial charge >= 0.3 is 0 Å². The molecular formula is C13H22N2O2S2. The molecular weight excluding hydrogens is 280 g/mol. The molecule has 4 nitrogen and oxygen atoms in total. The molecule has 0 aliphatic rings. The molecule has 1 rings (SSSR count). The average Bonchev–Trinajstić information content (AvgIpc) is 2.35. The van der Waals surface area contributed by atoms with Crippen LogP contribution < -0.4 is 10.5 Å². The molecule has 1 atom stereocenters. The SMILES string of the molecule is CSC(C)(C)CNC(C)c1cccc(S(N)(=O)=O)c1. The summed E-state index contributed by atoms with van der Waals surface area (Å²) in [6, 6.07) is 6.83. The summed E-state index contributed by atoms with van der Waals surface area (Å²) in [6.07, 6.45) is 2.08. The largest absolute Gasteiger partial charge is 0.309 e. The van der Waals surface area contributed by atoms with Gasteiger partial charge in [0.2, 0.25) is 10.0 Å². The van der Waals surface area contributed by atoms with Gasteiger partial charge in [0.25, 0.3) is 0 Å². The van der Waals surface area contributed by atoms with Crippen LogP contribution in [0.15, 0.2) is 29.2 Å². The van der Waals surface area contributed by atoms with Crippen LogP contribution in [0, 0.1) is 0 Å². The molecule has 0 aliphatic heterocycles. The molecule has 0 aromatic heterocycles. The normalized spacial score (nSPS) is 14.4. The van der Waals surface area contributed by atoms with E-state index in [4.69, 9.17) is 5.14 Å². The Kier molecular flexibility index (Phi) is 5.43. The molecule has 0 bridgehead atoms. The molecule has 0 saturated heterocycles. The number of hydrogen-bond donors (Lipinski definition) is 2. The van der Waals surface area contributed by atoms with Crippen LogP contribution in [0.2, 0.25) is 0 Å². The lowest BCUT2D eigenvalue weighted by Crippen LogP contribution is -2.33. The van der Waals surface area contributed by atoms with E-state index < -0.39 is 10.0 Å². The standard InChI is InChI=1S/C13H22N2O2S2/c1-10(15-9-13(2,3)18-4)11-6-5-7-12(8-11)19(14,16)17/h5-8,10,15H,9H2,1-4H3,(H2,14,16,17). The zero-order valence-corrected chi connectivity index (χ0v) is 13.4. The van der Waals surface area contributed by atoms with Crippen LogP contribution in [0.25, 0.3) is 0 Å². The molecule has 0 fully saturated rings. The summed E-state index contributed by atoms with van der Waals surface area (Å²) >= 11 is 1.79. The van der Waals surface area contributed by atoms with Gasteiger partial charge in [-0.2, -0.15) is 11.8 Å². The van der Waals surface area contributed by atoms with Gasteiger partial charge in [0.05, 0.1) is 4.90 Å². The second kappa shape index (κ2) is 6.26. The van der Waals surface area contributed by atoms with Crippen LogP contribution in [0.4, 0.5) is 0 Å². The van der Waals surface area contributed by atoms with Gasteiger partial charge in [-0.15, -0.1) is 0 Å². The first-order valence-electron chi connectivity index (χ1n) is 6.07. The van der Waals surface area contributed by atoms with Crippen molar-refractivity contribution < 1.29 is 8.42 Å². The van der Waals surface area contributed by atoms with Crippen LogP contribution in [0.3, 0.4) is 0 Å². The van der Waals surface area contributed by atoms with Crippen LogP contribution >= 0.6 is 11.8 Å². The average molecular weight is 302 g/mol. The van der Waals surface area contributed by atoms with Crippen molar-refractivity contribution in [1.82, 2.24) is 5.32 Å². The fourth-order valence-electron chi connectivity index (χ4n) is 1.55. The van der Waals surface area contributed by atoms with E-state index >= 15 is 0 Å². The second-order valence-corrected chi connectivity index (χ2v) is 8.26. The fraction of sp³-hybridized carbons (Fsp3) is 0.538. The van der Waals surface area contributed by atoms with Crippen molar-refractivity contribution in [3.8, 4) is 0 Å². The number of benzene rings is 1. The molecule has 0 spiro atoms. The highest BCUT2D eigenvalue weighted by molar-refractivity contribution is 7.99. The molecule has 0 saturated carbocycles. The van der Waals surface area contributed by atoms with E-state index in [-0.39, 0.29) is 15.7 Å². The lowest BCUT2D eigenvalue weighted by atomic mass is 10.1. The Morgan fingerprint density at radius 2 is 2.05 bits per heavy atom. The summed E-state index contributed by atoms with van der Waals surface area (Å²) in [5.74, 6) is 0. The number of nitrogens with one attached hydrogen (secondary N) is 1. The van der Waals surface area contributed by atoms with Gasteiger partial charge in [0.15, 0.2) is 0 Å². The van der Waals surface area contributed by atoms with Crippen molar-refractivity contribution in [2.75, 3.05) is 12.8 Å². The smallest absolute Gasteiger partial charge is 0.238 e. The third kappa shape index (κ3) is 5.14. The topological polar surface area (TPSA) is 72.2 Å². The number of thioether (sulfide) groups is 1. The van der Waals surface area contributed by atoms with Gasteiger partial charge in [-0.1, -0.05) is 12.1 Å². The number of primary sulfonamides is 1. The van der Waals surface area contributed by atoms with Gasteiger partial charge in [0, 0.05) is 17.3 Å². The highest BCUT2D eigenvalue weighted by Crippen LogP contribution is 2.22. The maximum Gasteiger partial charge on any atom is 0.238 e. The van der Waals surface area contributed by atoms with Crippen molar-refractivity contribution in [2.45, 2.75) is 36.5 Å². The van der Waals surface area contributed by atoms with Crippen LogP contribution in [0.1, 0.15) is 32.4 Å². The molecule has 6 heteroatoms. The zero-order valence-electron chi connectivity index (χ0n) is 11.8. The minimum atomic E-state index is -3.64. The molecule has 108 valence electrons. The number of nitrogens with two attached hydrogens (primary N) is 1. The lowest BCUT2D eigenvalue weighted by Gasteiger charge is -2.25. The Balaban J connectivity index is 2.81. The molecule has 0 heterocycles. The van der Waals surface area contributed by atoms with Crippen molar-refractivity contribution in [3.05, 3.63) is 29.8 Å². The van der Waals surface area contributed by atoms with Gasteiger partial charge in [-0.3, -0.25) is 0 Å². The van der Waals surface area contributed by atoms with E-state index in [1.165, 1.54) is 6.07 Å². The third-order valence-electron chi connectivity index (χ3n) is 3.07. The fourth-order valence-corrected chi connectivity index (χ4v) is 2.35. The molecule has 0 amide bonds. The summed E-state index contributed by atoms with van der Waals surface area (Å²) in [6.45, 7) is 7.18. The Labute approximate surface area is 120 Å². The van der Waals surface area contributed by atoms with Gasteiger partial charge in [-0.05, 0) is 44.7 Å². The van der Waals surface area contributed by atoms with E-state index in [0.717, 1.165) is 12.1 Å². The van der Waals surface area contributed by atoms with Crippen molar-refractivity contribution >= 4 is 21.8 Å². The van der Waals surface area contributed by atoms with E-state index in [9.17, 15) is 8.42 Å². The summed E-state index contributed by atoms with van der Waals surface area (Å²) < 4.78 is 22.8. The minimum absolute atomic E-state index is 0.0770. The number of hydrogen-bond acceptors (Lipinski definition) is 4. The first kappa shape index (κ1) is 16.5. The highest BCUT2D eigenvalue weighted by Gasteiger charge is 2.18. The van der Waals surface area contributed by atoms with Crippen molar-refractivity contribution in [2.24, 2.45) is 5.14 Å². The first-order valence-corrected chi connectivity index (χ1v) is 8.84. The summed E-state index contributed by atoms with van der Waals surface area (Å²) in [5, 5.41) is 8.55. The zero-order chi connectivity index (χ0) is 14.7. The lowest BCUT2D eigenvalue weighted by molar-refractivity contribution is 0.522. The van der Waals surface area contributed by atoms with Crippen LogP contribution in [-0.2, 0) is 10.0 Å². The predicted octanol–water partition coefficient (Wildman–Crippen LogP) is 2.13. The van der Waals surface area contributed by atoms with Gasteiger partial charge in [-0.25, -0.2) is 13.6 Å². The molecule has 0 aliphatic carbocycles. The van der Waals surface area contributed by atoms with Crippen LogP contribution in [-0.4, -0.2) is 26.0 Å². The monoisotopic (exact) mass is 302 g/mol. The van der Waals surface area contributed by atoms with Gasteiger partial charge in [0.1, 0.15) is 0 Å². The maximum absolute atomic E-state index is 11.3. The summed E-state index contributed by atoms with van der Waals surface area (Å²) in [7, 11) is -3.64. The Hall–Kier alpha value is -0.560. The molecule has 1 aromatic rings. The minimum Gasteiger partial charge on any atom is -0.309 e. The molecule has 1 unspecified atom stereocenters. The second-order valence-electron chi connectivity index (χ2n) is 5.18. The first-order chi connectivity index (χ1) is 8.65. The van der Waals surface area contributed by atoms with Crippen molar-refractivity contribution in [1.29, 1.82) is 0 Å². The molecule has 3 N–H and O–H groups in total. The summed E-state index contributed by atoms with van der Waals surface area (Å²) in [5.41, 5.74) is 0.920. The highest BCUT2D eigenvalue weighted by atomic mass is 32.2. The Morgan fingerprint density at radius 3 is 2.58 bits per heavy atom. The molecule has 1 aromatic carbocycles. The van der Waals surface area contributed by atoms with Crippen LogP contribution in [0.5, 0.6) is 0 Å². The van der Waals surface area contributed by atoms with E-state index in [2.05, 4.69) is 25.4 Å². The van der Waals surface area contributed by atoms with E-state index in [1.54, 1.807) is 23.9 Å². The molecule has 0 radical (unpaired) electrons. The molecule has 19 heavy (non-hydrogen) atoms. The predicted molar refractivity (Wildman–Crippen MR) is 81.8 cm³/mol. The van der Waals surface area contributed by atoms with E-state index in [0.29, 0.717) is 0 Å². The van der Waals surface area contributed by atoms with Gasteiger partial charge < -0.3 is 5.32 Å². The van der Waals surface area contributed by atoms with Crippen molar-refractivity contribution in [3.63, 3.8) is 0 Å². The maximum atomic E-state index is 11.3. The third-order valence-corrected chi connectivity index (χ3v) is 5.23. The number of rotatable bonds is 6. The Bertz CT molecular complexity index is 527. The Morgan fingerprint density at radius 1 is 1.42 bits per heavy atom. The number of sulfonamides is 1. The summed E-state index contributed by atoms with van der Waals surface area (Å²) in [4.78, 5) is 0.155. The van der Waals surface area contributed by atoms with E-state index in [1.807, 2.05) is 13.0 Å². The quantitative estimate of drug-likeness (QED) is 0.844.